The van der Waals surface area contributed by atoms with Gasteiger partial charge in [0.25, 0.3) is 0 Å². The number of aromatic nitrogens is 3. The van der Waals surface area contributed by atoms with Gasteiger partial charge >= 0.3 is 0 Å². The van der Waals surface area contributed by atoms with E-state index in [2.05, 4.69) is 45.9 Å². The topological polar surface area (TPSA) is 57.2 Å². The lowest BCUT2D eigenvalue weighted by Crippen LogP contribution is -2.34. The molecule has 0 amide bonds. The Labute approximate surface area is 116 Å². The number of hydrogen-bond acceptors (Lipinski definition) is 6. The minimum absolute atomic E-state index is 0.367. The predicted octanol–water partition coefficient (Wildman–Crippen LogP) is 1.99. The molecule has 19 heavy (non-hydrogen) atoms. The monoisotopic (exact) mass is 266 g/mol. The highest BCUT2D eigenvalue weighted by atomic mass is 15.4. The van der Waals surface area contributed by atoms with Crippen molar-refractivity contribution in [3.05, 3.63) is 0 Å². The van der Waals surface area contributed by atoms with Crippen molar-refractivity contribution >= 4 is 17.8 Å². The van der Waals surface area contributed by atoms with E-state index in [1.54, 1.807) is 0 Å². The van der Waals surface area contributed by atoms with Gasteiger partial charge in [0.15, 0.2) is 0 Å². The first-order valence-electron chi connectivity index (χ1n) is 6.93. The van der Waals surface area contributed by atoms with Crippen LogP contribution in [0.15, 0.2) is 0 Å². The molecule has 0 aliphatic carbocycles. The van der Waals surface area contributed by atoms with Crippen molar-refractivity contribution in [2.75, 3.05) is 42.3 Å². The van der Waals surface area contributed by atoms with Crippen LogP contribution < -0.4 is 15.1 Å². The second-order valence-corrected chi connectivity index (χ2v) is 4.97. The number of anilines is 3. The Bertz CT molecular complexity index is 391. The number of nitrogens with zero attached hydrogens (tertiary/aromatic N) is 5. The molecule has 0 aliphatic heterocycles. The van der Waals surface area contributed by atoms with E-state index in [1.807, 2.05) is 25.9 Å². The Morgan fingerprint density at radius 3 is 2.16 bits per heavy atom. The summed E-state index contributed by atoms with van der Waals surface area (Å²) in [6.45, 7) is 10.2. The van der Waals surface area contributed by atoms with Gasteiger partial charge in [-0.05, 0) is 27.2 Å². The van der Waals surface area contributed by atoms with Gasteiger partial charge in [0.05, 0.1) is 0 Å². The Hall–Kier alpha value is -1.59. The molecule has 1 aromatic rings. The standard InChI is InChI=1S/C13H26N6/c1-7-9-19(10(3)4)13-16-11(14-8-2)15-12(17-13)18(5)6/h10H,7-9H2,1-6H3,(H,14,15,16,17). The second-order valence-electron chi connectivity index (χ2n) is 4.97. The molecular formula is C13H26N6. The average molecular weight is 266 g/mol. The van der Waals surface area contributed by atoms with Crippen LogP contribution in [0.4, 0.5) is 17.8 Å². The minimum atomic E-state index is 0.367. The summed E-state index contributed by atoms with van der Waals surface area (Å²) in [7, 11) is 3.88. The average Bonchev–Trinajstić information content (AvgIpc) is 2.35. The molecule has 0 saturated carbocycles. The van der Waals surface area contributed by atoms with Crippen molar-refractivity contribution < 1.29 is 0 Å². The lowest BCUT2D eigenvalue weighted by atomic mass is 10.3. The zero-order valence-electron chi connectivity index (χ0n) is 12.9. The molecule has 1 rings (SSSR count). The molecule has 108 valence electrons. The summed E-state index contributed by atoms with van der Waals surface area (Å²) in [5.74, 6) is 2.06. The Kier molecular flexibility index (Phi) is 5.79. The molecule has 0 radical (unpaired) electrons. The Morgan fingerprint density at radius 2 is 1.68 bits per heavy atom. The molecule has 0 aromatic carbocycles. The fourth-order valence-corrected chi connectivity index (χ4v) is 1.75. The van der Waals surface area contributed by atoms with E-state index < -0.39 is 0 Å². The van der Waals surface area contributed by atoms with Crippen LogP contribution in [-0.2, 0) is 0 Å². The molecule has 1 aromatic heterocycles. The molecule has 1 heterocycles. The summed E-state index contributed by atoms with van der Waals surface area (Å²) < 4.78 is 0. The van der Waals surface area contributed by atoms with E-state index in [4.69, 9.17) is 0 Å². The van der Waals surface area contributed by atoms with Gasteiger partial charge in [-0.2, -0.15) is 15.0 Å². The summed E-state index contributed by atoms with van der Waals surface area (Å²) in [6.07, 6.45) is 1.07. The third-order valence-corrected chi connectivity index (χ3v) is 2.69. The van der Waals surface area contributed by atoms with Crippen LogP contribution in [0.3, 0.4) is 0 Å². The Balaban J connectivity index is 3.15. The van der Waals surface area contributed by atoms with Crippen LogP contribution >= 0.6 is 0 Å². The van der Waals surface area contributed by atoms with Gasteiger partial charge in [-0.15, -0.1) is 0 Å². The van der Waals surface area contributed by atoms with Gasteiger partial charge in [-0.1, -0.05) is 6.92 Å². The van der Waals surface area contributed by atoms with Gasteiger partial charge in [-0.25, -0.2) is 0 Å². The summed E-state index contributed by atoms with van der Waals surface area (Å²) in [6, 6.07) is 0.367. The quantitative estimate of drug-likeness (QED) is 0.814. The molecule has 0 atom stereocenters. The summed E-state index contributed by atoms with van der Waals surface area (Å²) in [4.78, 5) is 17.6. The van der Waals surface area contributed by atoms with Crippen molar-refractivity contribution in [3.63, 3.8) is 0 Å². The smallest absolute Gasteiger partial charge is 0.232 e. The van der Waals surface area contributed by atoms with Crippen molar-refractivity contribution in [1.82, 2.24) is 15.0 Å². The van der Waals surface area contributed by atoms with Crippen LogP contribution in [0.1, 0.15) is 34.1 Å². The third kappa shape index (κ3) is 4.22. The molecule has 0 fully saturated rings. The van der Waals surface area contributed by atoms with Gasteiger partial charge in [0, 0.05) is 33.2 Å². The van der Waals surface area contributed by atoms with Crippen LogP contribution in [0.5, 0.6) is 0 Å². The largest absolute Gasteiger partial charge is 0.354 e. The fourth-order valence-electron chi connectivity index (χ4n) is 1.75. The van der Waals surface area contributed by atoms with Gasteiger partial charge in [-0.3, -0.25) is 0 Å². The first-order valence-corrected chi connectivity index (χ1v) is 6.93. The summed E-state index contributed by atoms with van der Waals surface area (Å²) in [5.41, 5.74) is 0. The van der Waals surface area contributed by atoms with E-state index in [1.165, 1.54) is 0 Å². The van der Waals surface area contributed by atoms with E-state index in [9.17, 15) is 0 Å². The summed E-state index contributed by atoms with van der Waals surface area (Å²) in [5, 5.41) is 3.16. The molecule has 0 bridgehead atoms. The minimum Gasteiger partial charge on any atom is -0.354 e. The van der Waals surface area contributed by atoms with Crippen LogP contribution in [0.2, 0.25) is 0 Å². The van der Waals surface area contributed by atoms with Crippen molar-refractivity contribution in [1.29, 1.82) is 0 Å². The second kappa shape index (κ2) is 7.11. The van der Waals surface area contributed by atoms with Crippen molar-refractivity contribution in [2.24, 2.45) is 0 Å². The first-order chi connectivity index (χ1) is 8.99. The molecular weight excluding hydrogens is 240 g/mol. The van der Waals surface area contributed by atoms with E-state index in [0.29, 0.717) is 17.9 Å². The molecule has 0 saturated heterocycles. The maximum Gasteiger partial charge on any atom is 0.232 e. The molecule has 0 spiro atoms. The van der Waals surface area contributed by atoms with E-state index in [-0.39, 0.29) is 0 Å². The zero-order valence-corrected chi connectivity index (χ0v) is 12.9. The van der Waals surface area contributed by atoms with Crippen molar-refractivity contribution in [3.8, 4) is 0 Å². The van der Waals surface area contributed by atoms with Gasteiger partial charge in [0.2, 0.25) is 17.8 Å². The maximum atomic E-state index is 4.54. The number of rotatable bonds is 7. The third-order valence-electron chi connectivity index (χ3n) is 2.69. The molecule has 6 nitrogen and oxygen atoms in total. The normalized spacial score (nSPS) is 10.7. The van der Waals surface area contributed by atoms with E-state index >= 15 is 0 Å². The summed E-state index contributed by atoms with van der Waals surface area (Å²) >= 11 is 0. The highest BCUT2D eigenvalue weighted by Gasteiger charge is 2.16. The number of nitrogens with one attached hydrogen (secondary N) is 1. The van der Waals surface area contributed by atoms with Gasteiger partial charge < -0.3 is 15.1 Å². The van der Waals surface area contributed by atoms with Crippen LogP contribution in [-0.4, -0.2) is 48.2 Å². The lowest BCUT2D eigenvalue weighted by Gasteiger charge is -2.27. The highest BCUT2D eigenvalue weighted by molar-refractivity contribution is 5.44. The van der Waals surface area contributed by atoms with E-state index in [0.717, 1.165) is 25.5 Å². The molecule has 0 unspecified atom stereocenters. The fraction of sp³-hybridized carbons (Fsp3) is 0.769. The highest BCUT2D eigenvalue weighted by Crippen LogP contribution is 2.17. The van der Waals surface area contributed by atoms with Crippen molar-refractivity contribution in [2.45, 2.75) is 40.2 Å². The Morgan fingerprint density at radius 1 is 1.05 bits per heavy atom. The lowest BCUT2D eigenvalue weighted by molar-refractivity contribution is 0.649. The maximum absolute atomic E-state index is 4.54. The van der Waals surface area contributed by atoms with Gasteiger partial charge in [0.1, 0.15) is 0 Å². The number of hydrogen-bond donors (Lipinski definition) is 1. The predicted molar refractivity (Wildman–Crippen MR) is 81.1 cm³/mol. The molecule has 0 aliphatic rings. The molecule has 1 N–H and O–H groups in total. The molecule has 6 heteroatoms. The zero-order chi connectivity index (χ0) is 14.4. The van der Waals surface area contributed by atoms with Crippen LogP contribution in [0, 0.1) is 0 Å². The SMILES string of the molecule is CCCN(c1nc(NCC)nc(N(C)C)n1)C(C)C. The van der Waals surface area contributed by atoms with Crippen LogP contribution in [0.25, 0.3) is 0 Å². The first kappa shape index (κ1) is 15.5.